The summed E-state index contributed by atoms with van der Waals surface area (Å²) in [6, 6.07) is 13.3. The molecule has 3 rings (SSSR count). The molecule has 0 bridgehead atoms. The number of nitrogens with zero attached hydrogens (tertiary/aromatic N) is 1. The molecule has 5 nitrogen and oxygen atoms in total. The summed E-state index contributed by atoms with van der Waals surface area (Å²) in [6.45, 7) is 5.97. The second-order valence-electron chi connectivity index (χ2n) is 10.8. The van der Waals surface area contributed by atoms with Gasteiger partial charge in [0.05, 0.1) is 23.4 Å². The van der Waals surface area contributed by atoms with Crippen molar-refractivity contribution < 1.29 is 14.3 Å². The van der Waals surface area contributed by atoms with E-state index in [2.05, 4.69) is 24.1 Å². The van der Waals surface area contributed by atoms with Crippen LogP contribution in [0, 0.1) is 0 Å². The van der Waals surface area contributed by atoms with Gasteiger partial charge < -0.3 is 9.47 Å². The van der Waals surface area contributed by atoms with E-state index in [1.807, 2.05) is 42.5 Å². The van der Waals surface area contributed by atoms with E-state index in [-0.39, 0.29) is 5.91 Å². The molecule has 1 N–H and O–H groups in total. The van der Waals surface area contributed by atoms with Crippen LogP contribution < -0.4 is 14.8 Å². The number of rotatable bonds is 22. The molecule has 3 aromatic rings. The number of carbonyl (C=O) groups excluding carboxylic acids is 1. The Hall–Kier alpha value is -2.60. The van der Waals surface area contributed by atoms with Gasteiger partial charge in [-0.2, -0.15) is 0 Å². The number of amides is 1. The highest BCUT2D eigenvalue weighted by Crippen LogP contribution is 2.30. The summed E-state index contributed by atoms with van der Waals surface area (Å²) in [6.07, 6.45) is 20.6. The van der Waals surface area contributed by atoms with E-state index < -0.39 is 0 Å². The van der Waals surface area contributed by atoms with Crippen LogP contribution in [-0.2, 0) is 0 Å². The lowest BCUT2D eigenvalue weighted by Crippen LogP contribution is -2.11. The molecule has 0 aliphatic rings. The first kappa shape index (κ1) is 31.9. The van der Waals surface area contributed by atoms with Crippen LogP contribution in [0.4, 0.5) is 5.13 Å². The molecule has 1 aromatic heterocycles. The van der Waals surface area contributed by atoms with E-state index in [0.29, 0.717) is 10.7 Å². The molecule has 1 amide bonds. The highest BCUT2D eigenvalue weighted by molar-refractivity contribution is 7.22. The topological polar surface area (TPSA) is 60.5 Å². The fourth-order valence-corrected chi connectivity index (χ4v) is 5.66. The maximum absolute atomic E-state index is 12.8. The van der Waals surface area contributed by atoms with Crippen LogP contribution in [0.3, 0.4) is 0 Å². The molecule has 0 saturated heterocycles. The van der Waals surface area contributed by atoms with E-state index >= 15 is 0 Å². The maximum Gasteiger partial charge on any atom is 0.257 e. The fourth-order valence-electron chi connectivity index (χ4n) is 4.77. The van der Waals surface area contributed by atoms with Crippen molar-refractivity contribution in [3.05, 3.63) is 48.0 Å². The number of carbonyl (C=O) groups is 1. The summed E-state index contributed by atoms with van der Waals surface area (Å²) < 4.78 is 12.8. The summed E-state index contributed by atoms with van der Waals surface area (Å²) in [4.78, 5) is 17.4. The van der Waals surface area contributed by atoms with Crippen LogP contribution in [0.25, 0.3) is 10.2 Å². The van der Waals surface area contributed by atoms with Crippen LogP contribution in [0.5, 0.6) is 11.5 Å². The van der Waals surface area contributed by atoms with Gasteiger partial charge in [0.1, 0.15) is 11.5 Å². The highest BCUT2D eigenvalue weighted by Gasteiger charge is 2.11. The van der Waals surface area contributed by atoms with Crippen molar-refractivity contribution in [3.8, 4) is 11.5 Å². The van der Waals surface area contributed by atoms with Crippen molar-refractivity contribution in [3.63, 3.8) is 0 Å². The van der Waals surface area contributed by atoms with Gasteiger partial charge in [-0.3, -0.25) is 10.1 Å². The molecule has 0 spiro atoms. The number of unbranched alkanes of at least 4 members (excludes halogenated alkanes) is 14. The molecule has 0 radical (unpaired) electrons. The molecular formula is C34H50N2O3S. The van der Waals surface area contributed by atoms with Gasteiger partial charge in [0.2, 0.25) is 0 Å². The number of nitrogens with one attached hydrogen (secondary N) is 1. The number of aromatic nitrogens is 1. The normalized spacial score (nSPS) is 11.2. The van der Waals surface area contributed by atoms with Gasteiger partial charge in [-0.25, -0.2) is 4.98 Å². The third-order valence-electron chi connectivity index (χ3n) is 7.23. The lowest BCUT2D eigenvalue weighted by atomic mass is 10.1. The predicted octanol–water partition coefficient (Wildman–Crippen LogP) is 10.6. The first-order chi connectivity index (χ1) is 19.7. The summed E-state index contributed by atoms with van der Waals surface area (Å²) in [5.41, 5.74) is 1.46. The Morgan fingerprint density at radius 1 is 0.675 bits per heavy atom. The van der Waals surface area contributed by atoms with Gasteiger partial charge in [0.25, 0.3) is 5.91 Å². The predicted molar refractivity (Wildman–Crippen MR) is 170 cm³/mol. The molecule has 220 valence electrons. The quantitative estimate of drug-likeness (QED) is 0.123. The van der Waals surface area contributed by atoms with Gasteiger partial charge in [-0.15, -0.1) is 0 Å². The first-order valence-electron chi connectivity index (χ1n) is 15.8. The monoisotopic (exact) mass is 566 g/mol. The molecule has 6 heteroatoms. The van der Waals surface area contributed by atoms with E-state index in [9.17, 15) is 4.79 Å². The van der Waals surface area contributed by atoms with E-state index in [1.54, 1.807) is 0 Å². The van der Waals surface area contributed by atoms with Crippen LogP contribution in [0.15, 0.2) is 42.5 Å². The Labute approximate surface area is 246 Å². The Balaban J connectivity index is 1.34. The highest BCUT2D eigenvalue weighted by atomic mass is 32.1. The molecule has 0 atom stereocenters. The average Bonchev–Trinajstić information content (AvgIpc) is 3.37. The molecular weight excluding hydrogens is 516 g/mol. The number of anilines is 1. The van der Waals surface area contributed by atoms with Crippen molar-refractivity contribution in [1.29, 1.82) is 0 Å². The maximum atomic E-state index is 12.8. The zero-order valence-corrected chi connectivity index (χ0v) is 25.7. The minimum atomic E-state index is -0.167. The molecule has 0 aliphatic heterocycles. The third-order valence-corrected chi connectivity index (χ3v) is 8.16. The minimum Gasteiger partial charge on any atom is -0.494 e. The summed E-state index contributed by atoms with van der Waals surface area (Å²) in [7, 11) is 0. The zero-order valence-electron chi connectivity index (χ0n) is 24.8. The summed E-state index contributed by atoms with van der Waals surface area (Å²) in [5, 5.41) is 3.54. The molecule has 0 fully saturated rings. The smallest absolute Gasteiger partial charge is 0.257 e. The standard InChI is InChI=1S/C34H50N2O3S/c1-3-5-7-9-11-13-15-17-25-38-29-21-19-28(20-22-29)33(37)36-34-35-31-24-23-30(27-32(31)40-34)39-26-18-16-14-12-10-8-6-4-2/h19-24,27H,3-18,25-26H2,1-2H3,(H,35,36,37). The zero-order chi connectivity index (χ0) is 28.3. The van der Waals surface area contributed by atoms with Crippen molar-refractivity contribution in [2.45, 2.75) is 117 Å². The Bertz CT molecular complexity index is 1100. The Kier molecular flexibility index (Phi) is 15.5. The van der Waals surface area contributed by atoms with Crippen LogP contribution in [0.2, 0.25) is 0 Å². The second-order valence-corrected chi connectivity index (χ2v) is 11.8. The second kappa shape index (κ2) is 19.5. The molecule has 1 heterocycles. The van der Waals surface area contributed by atoms with Crippen molar-refractivity contribution >= 4 is 32.6 Å². The lowest BCUT2D eigenvalue weighted by molar-refractivity contribution is 0.102. The van der Waals surface area contributed by atoms with Gasteiger partial charge in [0.15, 0.2) is 5.13 Å². The van der Waals surface area contributed by atoms with Gasteiger partial charge >= 0.3 is 0 Å². The van der Waals surface area contributed by atoms with Gasteiger partial charge in [-0.1, -0.05) is 115 Å². The first-order valence-corrected chi connectivity index (χ1v) is 16.6. The Morgan fingerprint density at radius 2 is 1.18 bits per heavy atom. The minimum absolute atomic E-state index is 0.167. The number of benzene rings is 2. The van der Waals surface area contributed by atoms with E-state index in [4.69, 9.17) is 9.47 Å². The number of hydrogen-bond acceptors (Lipinski definition) is 5. The largest absolute Gasteiger partial charge is 0.494 e. The van der Waals surface area contributed by atoms with Crippen molar-refractivity contribution in [2.24, 2.45) is 0 Å². The number of hydrogen-bond donors (Lipinski definition) is 1. The third kappa shape index (κ3) is 12.3. The summed E-state index contributed by atoms with van der Waals surface area (Å²) >= 11 is 1.47. The molecule has 0 saturated carbocycles. The van der Waals surface area contributed by atoms with E-state index in [0.717, 1.165) is 47.8 Å². The number of thiazole rings is 1. The lowest BCUT2D eigenvalue weighted by Gasteiger charge is -2.07. The summed E-state index contributed by atoms with van der Waals surface area (Å²) in [5.74, 6) is 1.50. The van der Waals surface area contributed by atoms with Crippen LogP contribution in [-0.4, -0.2) is 24.1 Å². The van der Waals surface area contributed by atoms with Gasteiger partial charge in [-0.05, 0) is 55.3 Å². The van der Waals surface area contributed by atoms with Crippen molar-refractivity contribution in [2.75, 3.05) is 18.5 Å². The van der Waals surface area contributed by atoms with Gasteiger partial charge in [0, 0.05) is 5.56 Å². The van der Waals surface area contributed by atoms with Crippen LogP contribution >= 0.6 is 11.3 Å². The van der Waals surface area contributed by atoms with Crippen molar-refractivity contribution in [1.82, 2.24) is 4.98 Å². The molecule has 0 aliphatic carbocycles. The SMILES string of the molecule is CCCCCCCCCCOc1ccc(C(=O)Nc2nc3ccc(OCCCCCCCCCC)cc3s2)cc1. The molecule has 40 heavy (non-hydrogen) atoms. The Morgan fingerprint density at radius 3 is 1.75 bits per heavy atom. The molecule has 0 unspecified atom stereocenters. The van der Waals surface area contributed by atoms with E-state index in [1.165, 1.54) is 101 Å². The number of ether oxygens (including phenoxy) is 2. The molecule has 2 aromatic carbocycles. The number of fused-ring (bicyclic) bond motifs is 1. The average molecular weight is 567 g/mol. The van der Waals surface area contributed by atoms with Crippen LogP contribution in [0.1, 0.15) is 127 Å². The fraction of sp³-hybridized carbons (Fsp3) is 0.588.